The molecule has 2 heterocycles. The highest BCUT2D eigenvalue weighted by atomic mass is 16.4. The molecule has 1 aromatic carbocycles. The van der Waals surface area contributed by atoms with Gasteiger partial charge in [-0.2, -0.15) is 0 Å². The third kappa shape index (κ3) is 7.60. The first-order valence-electron chi connectivity index (χ1n) is 11.9. The number of fused-ring (bicyclic) bond motifs is 1. The van der Waals surface area contributed by atoms with Gasteiger partial charge in [-0.1, -0.05) is 24.3 Å². The van der Waals surface area contributed by atoms with E-state index in [9.17, 15) is 29.1 Å². The van der Waals surface area contributed by atoms with Gasteiger partial charge in [0.05, 0.1) is 23.9 Å². The molecule has 37 heavy (non-hydrogen) atoms. The first-order chi connectivity index (χ1) is 17.5. The highest BCUT2D eigenvalue weighted by Crippen LogP contribution is 2.17. The van der Waals surface area contributed by atoms with Gasteiger partial charge in [-0.05, 0) is 45.6 Å². The molecule has 0 spiro atoms. The molecule has 11 heteroatoms. The molecule has 194 valence electrons. The molecular formula is C26H29N5O6. The molecule has 2 atom stereocenters. The Morgan fingerprint density at radius 3 is 2.43 bits per heavy atom. The number of aromatic amines is 1. The molecule has 0 saturated carbocycles. The Morgan fingerprint density at radius 2 is 1.78 bits per heavy atom. The van der Waals surface area contributed by atoms with E-state index in [-0.39, 0.29) is 41.9 Å². The molecule has 0 aliphatic rings. The quantitative estimate of drug-likeness (QED) is 0.310. The maximum absolute atomic E-state index is 12.7. The van der Waals surface area contributed by atoms with Crippen molar-refractivity contribution in [3.63, 3.8) is 0 Å². The van der Waals surface area contributed by atoms with Crippen molar-refractivity contribution in [3.05, 3.63) is 63.5 Å². The summed E-state index contributed by atoms with van der Waals surface area (Å²) in [6, 6.07) is 6.20. The number of aryl methyl sites for hydroxylation is 3. The van der Waals surface area contributed by atoms with Crippen molar-refractivity contribution in [2.45, 2.75) is 58.9 Å². The smallest absolute Gasteiger partial charge is 0.306 e. The van der Waals surface area contributed by atoms with E-state index in [1.165, 1.54) is 6.92 Å². The average molecular weight is 508 g/mol. The number of carboxylic acid groups (broad SMARTS) is 1. The van der Waals surface area contributed by atoms with Gasteiger partial charge in [-0.15, -0.1) is 0 Å². The Kier molecular flexibility index (Phi) is 8.94. The summed E-state index contributed by atoms with van der Waals surface area (Å²) in [5.41, 5.74) is 2.07. The van der Waals surface area contributed by atoms with Crippen molar-refractivity contribution in [2.75, 3.05) is 0 Å². The van der Waals surface area contributed by atoms with Crippen LogP contribution in [0.2, 0.25) is 0 Å². The molecule has 0 radical (unpaired) electrons. The monoisotopic (exact) mass is 507 g/mol. The van der Waals surface area contributed by atoms with Crippen LogP contribution in [0.1, 0.15) is 60.5 Å². The number of hydrogen-bond donors (Lipinski definition) is 3. The summed E-state index contributed by atoms with van der Waals surface area (Å²) in [5.74, 6) is -2.67. The average Bonchev–Trinajstić information content (AvgIpc) is 2.85. The fourth-order valence-corrected chi connectivity index (χ4v) is 3.69. The lowest BCUT2D eigenvalue weighted by Gasteiger charge is -2.14. The minimum atomic E-state index is -1.15. The minimum Gasteiger partial charge on any atom is -0.481 e. The number of carbonyl (C=O) groups is 4. The van der Waals surface area contributed by atoms with Gasteiger partial charge < -0.3 is 15.4 Å². The molecule has 3 aromatic rings. The van der Waals surface area contributed by atoms with E-state index in [2.05, 4.69) is 25.3 Å². The lowest BCUT2D eigenvalue weighted by molar-refractivity contribution is -0.142. The Balaban J connectivity index is 1.56. The molecule has 2 aromatic heterocycles. The van der Waals surface area contributed by atoms with Gasteiger partial charge in [0.2, 0.25) is 5.91 Å². The lowest BCUT2D eigenvalue weighted by Crippen LogP contribution is -2.37. The van der Waals surface area contributed by atoms with Crippen molar-refractivity contribution in [3.8, 4) is 0 Å². The van der Waals surface area contributed by atoms with Gasteiger partial charge in [0.15, 0.2) is 22.7 Å². The number of nitrogens with zero attached hydrogens (tertiary/aromatic N) is 3. The summed E-state index contributed by atoms with van der Waals surface area (Å²) in [7, 11) is 0. The maximum atomic E-state index is 12.7. The van der Waals surface area contributed by atoms with Crippen LogP contribution < -0.4 is 10.9 Å². The van der Waals surface area contributed by atoms with E-state index in [0.29, 0.717) is 35.6 Å². The SMILES string of the molecule is CC(=O)[C@H](C)NC(=O)CC[C@H](CC(=O)c1ccc(CCc2cnc3nc(C)[nH]c(=O)c3n2)cc1)C(=O)O. The number of H-pyrrole nitrogens is 1. The van der Waals surface area contributed by atoms with Crippen LogP contribution in [0.4, 0.5) is 0 Å². The van der Waals surface area contributed by atoms with Crippen molar-refractivity contribution >= 4 is 34.6 Å². The number of hydrogen-bond acceptors (Lipinski definition) is 8. The normalized spacial score (nSPS) is 12.6. The van der Waals surface area contributed by atoms with Gasteiger partial charge in [-0.25, -0.2) is 15.0 Å². The second-order valence-electron chi connectivity index (χ2n) is 8.98. The Morgan fingerprint density at radius 1 is 1.08 bits per heavy atom. The number of rotatable bonds is 12. The van der Waals surface area contributed by atoms with E-state index in [1.807, 2.05) is 0 Å². The Hall–Kier alpha value is -4.28. The number of benzene rings is 1. The van der Waals surface area contributed by atoms with E-state index < -0.39 is 23.8 Å². The van der Waals surface area contributed by atoms with E-state index in [4.69, 9.17) is 0 Å². The van der Waals surface area contributed by atoms with E-state index in [1.54, 1.807) is 44.3 Å². The number of aliphatic carboxylic acids is 1. The largest absolute Gasteiger partial charge is 0.481 e. The van der Waals surface area contributed by atoms with Crippen LogP contribution in [0.15, 0.2) is 35.3 Å². The van der Waals surface area contributed by atoms with Crippen LogP contribution >= 0.6 is 0 Å². The molecule has 0 aliphatic carbocycles. The number of amides is 1. The molecule has 3 N–H and O–H groups in total. The highest BCUT2D eigenvalue weighted by Gasteiger charge is 2.23. The van der Waals surface area contributed by atoms with Crippen LogP contribution in [0.3, 0.4) is 0 Å². The molecular weight excluding hydrogens is 478 g/mol. The number of nitrogens with one attached hydrogen (secondary N) is 2. The van der Waals surface area contributed by atoms with Crippen LogP contribution in [-0.2, 0) is 27.2 Å². The highest BCUT2D eigenvalue weighted by molar-refractivity contribution is 5.98. The van der Waals surface area contributed by atoms with E-state index >= 15 is 0 Å². The second-order valence-corrected chi connectivity index (χ2v) is 8.98. The standard InChI is InChI=1S/C26H29N5O6/c1-14(15(2)32)28-22(34)11-9-19(26(36)37)12-21(33)18-7-4-17(5-8-18)6-10-20-13-27-24-23(31-20)25(35)30-16(3)29-24/h4-5,7-8,13-14,19H,6,9-12H2,1-3H3,(H,28,34)(H,36,37)(H,27,29,30,35)/t14-,19+/m0/s1. The summed E-state index contributed by atoms with van der Waals surface area (Å²) >= 11 is 0. The van der Waals surface area contributed by atoms with Crippen LogP contribution in [-0.4, -0.2) is 54.5 Å². The molecule has 0 aliphatic heterocycles. The van der Waals surface area contributed by atoms with Gasteiger partial charge in [-0.3, -0.25) is 24.0 Å². The predicted octanol–water partition coefficient (Wildman–Crippen LogP) is 1.95. The zero-order valence-electron chi connectivity index (χ0n) is 20.9. The second kappa shape index (κ2) is 12.1. The van der Waals surface area contributed by atoms with E-state index in [0.717, 1.165) is 5.56 Å². The maximum Gasteiger partial charge on any atom is 0.306 e. The summed E-state index contributed by atoms with van der Waals surface area (Å²) in [6.07, 6.45) is 2.35. The molecule has 0 fully saturated rings. The third-order valence-electron chi connectivity index (χ3n) is 6.02. The zero-order chi connectivity index (χ0) is 27.1. The van der Waals surface area contributed by atoms with Gasteiger partial charge in [0.1, 0.15) is 5.82 Å². The number of carboxylic acids is 1. The fourth-order valence-electron chi connectivity index (χ4n) is 3.69. The van der Waals surface area contributed by atoms with Crippen molar-refractivity contribution in [1.29, 1.82) is 0 Å². The van der Waals surface area contributed by atoms with Gasteiger partial charge in [0.25, 0.3) is 5.56 Å². The van der Waals surface area contributed by atoms with Crippen molar-refractivity contribution in [1.82, 2.24) is 25.3 Å². The van der Waals surface area contributed by atoms with Crippen molar-refractivity contribution in [2.24, 2.45) is 5.92 Å². The summed E-state index contributed by atoms with van der Waals surface area (Å²) in [4.78, 5) is 75.0. The predicted molar refractivity (Wildman–Crippen MR) is 134 cm³/mol. The molecule has 3 rings (SSSR count). The van der Waals surface area contributed by atoms with Crippen LogP contribution in [0, 0.1) is 12.8 Å². The molecule has 0 unspecified atom stereocenters. The summed E-state index contributed by atoms with van der Waals surface area (Å²) in [5, 5.41) is 12.0. The zero-order valence-corrected chi connectivity index (χ0v) is 20.9. The summed E-state index contributed by atoms with van der Waals surface area (Å²) in [6.45, 7) is 4.58. The number of Topliss-reactive ketones (excluding diaryl/α,β-unsaturated/α-hetero) is 2. The van der Waals surface area contributed by atoms with Crippen molar-refractivity contribution < 1.29 is 24.3 Å². The summed E-state index contributed by atoms with van der Waals surface area (Å²) < 4.78 is 0. The third-order valence-corrected chi connectivity index (χ3v) is 6.02. The minimum absolute atomic E-state index is 0.0136. The molecule has 11 nitrogen and oxygen atoms in total. The first kappa shape index (κ1) is 27.3. The van der Waals surface area contributed by atoms with Gasteiger partial charge in [0, 0.05) is 18.4 Å². The van der Waals surface area contributed by atoms with Crippen LogP contribution in [0.5, 0.6) is 0 Å². The number of carbonyl (C=O) groups excluding carboxylic acids is 3. The molecule has 1 amide bonds. The number of ketones is 2. The van der Waals surface area contributed by atoms with Crippen LogP contribution in [0.25, 0.3) is 11.2 Å². The first-order valence-corrected chi connectivity index (χ1v) is 11.9. The number of aromatic nitrogens is 4. The lowest BCUT2D eigenvalue weighted by atomic mass is 9.93. The fraction of sp³-hybridized carbons (Fsp3) is 0.385. The Bertz CT molecular complexity index is 1380. The molecule has 0 bridgehead atoms. The topological polar surface area (TPSA) is 172 Å². The van der Waals surface area contributed by atoms with Gasteiger partial charge >= 0.3 is 5.97 Å². The Labute approximate surface area is 212 Å². The molecule has 0 saturated heterocycles.